The Morgan fingerprint density at radius 1 is 1.45 bits per heavy atom. The van der Waals surface area contributed by atoms with Crippen LogP contribution in [0.25, 0.3) is 0 Å². The molecule has 0 spiro atoms. The summed E-state index contributed by atoms with van der Waals surface area (Å²) in [4.78, 5) is 15.6. The second kappa shape index (κ2) is 6.65. The lowest BCUT2D eigenvalue weighted by molar-refractivity contribution is -0.122. The number of aromatic nitrogens is 3. The minimum absolute atomic E-state index is 0.0823. The summed E-state index contributed by atoms with van der Waals surface area (Å²) in [6, 6.07) is 1.35. The van der Waals surface area contributed by atoms with Gasteiger partial charge in [0.15, 0.2) is 0 Å². The minimum Gasteiger partial charge on any atom is -0.383 e. The molecule has 2 heterocycles. The van der Waals surface area contributed by atoms with Gasteiger partial charge in [0.1, 0.15) is 11.4 Å². The second-order valence-corrected chi connectivity index (χ2v) is 5.46. The summed E-state index contributed by atoms with van der Waals surface area (Å²) >= 11 is 0. The molecule has 2 aromatic rings. The molecule has 2 aromatic heterocycles. The topological polar surface area (TPSA) is 80.0 Å². The first-order valence-corrected chi connectivity index (χ1v) is 6.94. The molecule has 0 saturated carbocycles. The molecule has 6 nitrogen and oxygen atoms in total. The minimum atomic E-state index is -1.19. The van der Waals surface area contributed by atoms with Crippen molar-refractivity contribution in [3.05, 3.63) is 47.8 Å². The Bertz CT molecular complexity index is 654. The van der Waals surface area contributed by atoms with Crippen molar-refractivity contribution in [2.45, 2.75) is 25.4 Å². The molecular formula is C15H19FN4O2. The predicted octanol–water partition coefficient (Wildman–Crippen LogP) is 0.911. The number of hydrogen-bond acceptors (Lipinski definition) is 4. The number of nitrogens with one attached hydrogen (secondary N) is 1. The van der Waals surface area contributed by atoms with Crippen LogP contribution < -0.4 is 5.32 Å². The van der Waals surface area contributed by atoms with E-state index in [1.54, 1.807) is 31.0 Å². The lowest BCUT2D eigenvalue weighted by Crippen LogP contribution is -2.38. The Kier molecular flexibility index (Phi) is 4.87. The van der Waals surface area contributed by atoms with Crippen LogP contribution in [-0.2, 0) is 23.9 Å². The Labute approximate surface area is 128 Å². The van der Waals surface area contributed by atoms with Gasteiger partial charge in [0.05, 0.1) is 18.9 Å². The van der Waals surface area contributed by atoms with Gasteiger partial charge in [-0.3, -0.25) is 14.5 Å². The average molecular weight is 306 g/mol. The molecule has 0 radical (unpaired) electrons. The smallest absolute Gasteiger partial charge is 0.220 e. The van der Waals surface area contributed by atoms with Crippen LogP contribution in [0, 0.1) is 5.82 Å². The van der Waals surface area contributed by atoms with Crippen LogP contribution in [0.5, 0.6) is 0 Å². The van der Waals surface area contributed by atoms with Gasteiger partial charge >= 0.3 is 0 Å². The van der Waals surface area contributed by atoms with E-state index in [1.165, 1.54) is 12.3 Å². The number of carbonyl (C=O) groups is 1. The summed E-state index contributed by atoms with van der Waals surface area (Å²) in [5.41, 5.74) is 0.100. The van der Waals surface area contributed by atoms with E-state index >= 15 is 0 Å². The summed E-state index contributed by atoms with van der Waals surface area (Å²) in [5.74, 6) is -0.633. The maximum Gasteiger partial charge on any atom is 0.220 e. The number of aryl methyl sites for hydroxylation is 2. The highest BCUT2D eigenvalue weighted by atomic mass is 19.1. The summed E-state index contributed by atoms with van der Waals surface area (Å²) in [7, 11) is 1.76. The third-order valence-electron chi connectivity index (χ3n) is 3.36. The van der Waals surface area contributed by atoms with Crippen LogP contribution in [0.15, 0.2) is 30.9 Å². The highest BCUT2D eigenvalue weighted by molar-refractivity contribution is 5.76. The van der Waals surface area contributed by atoms with Crippen LogP contribution in [0.4, 0.5) is 4.39 Å². The molecule has 2 N–H and O–H groups in total. The fraction of sp³-hybridized carbons (Fsp3) is 0.400. The van der Waals surface area contributed by atoms with Gasteiger partial charge < -0.3 is 10.4 Å². The van der Waals surface area contributed by atoms with Gasteiger partial charge in [0.25, 0.3) is 0 Å². The number of hydrogen-bond donors (Lipinski definition) is 2. The quantitative estimate of drug-likeness (QED) is 0.831. The summed E-state index contributed by atoms with van der Waals surface area (Å²) in [5, 5.41) is 17.0. The first-order valence-electron chi connectivity index (χ1n) is 6.94. The summed E-state index contributed by atoms with van der Waals surface area (Å²) < 4.78 is 14.6. The van der Waals surface area contributed by atoms with Crippen molar-refractivity contribution in [1.29, 1.82) is 0 Å². The van der Waals surface area contributed by atoms with E-state index in [1.807, 2.05) is 0 Å². The van der Waals surface area contributed by atoms with E-state index in [4.69, 9.17) is 0 Å². The Hall–Kier alpha value is -2.28. The van der Waals surface area contributed by atoms with Crippen molar-refractivity contribution in [1.82, 2.24) is 20.1 Å². The molecular weight excluding hydrogens is 287 g/mol. The highest BCUT2D eigenvalue weighted by Crippen LogP contribution is 2.18. The maximum absolute atomic E-state index is 13.0. The van der Waals surface area contributed by atoms with E-state index in [0.29, 0.717) is 17.5 Å². The molecule has 0 aromatic carbocycles. The van der Waals surface area contributed by atoms with Crippen LogP contribution in [-0.4, -0.2) is 32.3 Å². The number of halogens is 1. The van der Waals surface area contributed by atoms with Gasteiger partial charge in [-0.15, -0.1) is 0 Å². The number of aliphatic hydroxyl groups is 1. The van der Waals surface area contributed by atoms with Crippen LogP contribution in [0.3, 0.4) is 0 Å². The molecule has 0 aliphatic carbocycles. The van der Waals surface area contributed by atoms with Crippen molar-refractivity contribution in [2.75, 3.05) is 6.54 Å². The van der Waals surface area contributed by atoms with Crippen molar-refractivity contribution < 1.29 is 14.3 Å². The summed E-state index contributed by atoms with van der Waals surface area (Å²) in [6.45, 7) is 1.69. The highest BCUT2D eigenvalue weighted by Gasteiger charge is 2.25. The number of nitrogens with zero attached hydrogens (tertiary/aromatic N) is 3. The first kappa shape index (κ1) is 16.1. The fourth-order valence-corrected chi connectivity index (χ4v) is 2.01. The Morgan fingerprint density at radius 2 is 2.23 bits per heavy atom. The zero-order chi connectivity index (χ0) is 16.2. The average Bonchev–Trinajstić information content (AvgIpc) is 2.91. The van der Waals surface area contributed by atoms with Crippen molar-refractivity contribution in [3.8, 4) is 0 Å². The van der Waals surface area contributed by atoms with Crippen molar-refractivity contribution >= 4 is 5.91 Å². The molecule has 2 rings (SSSR count). The van der Waals surface area contributed by atoms with E-state index < -0.39 is 11.4 Å². The van der Waals surface area contributed by atoms with Crippen molar-refractivity contribution in [2.24, 2.45) is 7.05 Å². The number of amides is 1. The molecule has 0 bridgehead atoms. The Morgan fingerprint density at radius 3 is 2.86 bits per heavy atom. The molecule has 1 atom stereocenters. The van der Waals surface area contributed by atoms with E-state index in [9.17, 15) is 14.3 Å². The molecule has 1 unspecified atom stereocenters. The van der Waals surface area contributed by atoms with Gasteiger partial charge in [-0.2, -0.15) is 5.10 Å². The molecule has 118 valence electrons. The molecule has 7 heteroatoms. The van der Waals surface area contributed by atoms with Crippen molar-refractivity contribution in [3.63, 3.8) is 0 Å². The van der Waals surface area contributed by atoms with E-state index in [0.717, 1.165) is 6.20 Å². The van der Waals surface area contributed by atoms with Gasteiger partial charge in [0, 0.05) is 31.4 Å². The zero-order valence-corrected chi connectivity index (χ0v) is 12.6. The lowest BCUT2D eigenvalue weighted by atomic mass is 9.99. The zero-order valence-electron chi connectivity index (χ0n) is 12.6. The molecule has 22 heavy (non-hydrogen) atoms. The second-order valence-electron chi connectivity index (χ2n) is 5.46. The molecule has 1 amide bonds. The normalized spacial score (nSPS) is 13.6. The van der Waals surface area contributed by atoms with Gasteiger partial charge in [-0.1, -0.05) is 0 Å². The first-order chi connectivity index (χ1) is 10.4. The number of rotatable bonds is 6. The number of carbonyl (C=O) groups excluding carboxylic acids is 1. The van der Waals surface area contributed by atoms with E-state index in [2.05, 4.69) is 15.4 Å². The van der Waals surface area contributed by atoms with Gasteiger partial charge in [-0.25, -0.2) is 4.39 Å². The predicted molar refractivity (Wildman–Crippen MR) is 78.3 cm³/mol. The van der Waals surface area contributed by atoms with Gasteiger partial charge in [-0.05, 0) is 25.0 Å². The standard InChI is InChI=1S/C15H19FN4O2/c1-15(22,12-7-19-20(2)9-12)10-18-14(21)4-3-11-5-13(16)8-17-6-11/h5-9,22H,3-4,10H2,1-2H3,(H,18,21). The van der Waals surface area contributed by atoms with E-state index in [-0.39, 0.29) is 18.9 Å². The maximum atomic E-state index is 13.0. The molecule has 0 saturated heterocycles. The fourth-order valence-electron chi connectivity index (χ4n) is 2.01. The largest absolute Gasteiger partial charge is 0.383 e. The molecule has 0 aliphatic rings. The summed E-state index contributed by atoms with van der Waals surface area (Å²) in [6.07, 6.45) is 6.51. The van der Waals surface area contributed by atoms with Crippen LogP contribution in [0.2, 0.25) is 0 Å². The SMILES string of the molecule is Cn1cc(C(C)(O)CNC(=O)CCc2cncc(F)c2)cn1. The molecule has 0 aliphatic heterocycles. The third-order valence-corrected chi connectivity index (χ3v) is 3.36. The third kappa shape index (κ3) is 4.36. The van der Waals surface area contributed by atoms with Gasteiger partial charge in [0.2, 0.25) is 5.91 Å². The Balaban J connectivity index is 1.82. The van der Waals surface area contributed by atoms with Crippen LogP contribution in [0.1, 0.15) is 24.5 Å². The molecule has 0 fully saturated rings. The lowest BCUT2D eigenvalue weighted by Gasteiger charge is -2.22. The van der Waals surface area contributed by atoms with Crippen LogP contribution >= 0.6 is 0 Å². The monoisotopic (exact) mass is 306 g/mol. The number of pyridine rings is 1.